The van der Waals surface area contributed by atoms with Gasteiger partial charge in [0.2, 0.25) is 0 Å². The molecule has 68 valence electrons. The predicted molar refractivity (Wildman–Crippen MR) is 37.3 cm³/mol. The molecule has 0 aliphatic carbocycles. The van der Waals surface area contributed by atoms with Gasteiger partial charge in [-0.3, -0.25) is 9.59 Å². The van der Waals surface area contributed by atoms with Gasteiger partial charge in [-0.15, -0.1) is 0 Å². The standard InChI is InChI=1S/C8H3F3O2/c9-4-1-2-5(7(10)12)6(3-4)8(11)13/h1-3H. The highest BCUT2D eigenvalue weighted by molar-refractivity contribution is 6.02. The molecule has 2 nitrogen and oxygen atoms in total. The summed E-state index contributed by atoms with van der Waals surface area (Å²) in [6, 6.07) is -2.07. The second-order valence-electron chi connectivity index (χ2n) is 2.24. The van der Waals surface area contributed by atoms with Crippen molar-refractivity contribution >= 4 is 12.1 Å². The Morgan fingerprint density at radius 2 is 1.54 bits per heavy atom. The number of carbonyl (C=O) groups excluding carboxylic acids is 2. The Bertz CT molecular complexity index is 374. The van der Waals surface area contributed by atoms with Crippen LogP contribution in [0, 0.1) is 5.82 Å². The zero-order chi connectivity index (χ0) is 10.0. The van der Waals surface area contributed by atoms with Crippen molar-refractivity contribution < 1.29 is 22.8 Å². The Hall–Kier alpha value is -1.65. The molecule has 0 N–H and O–H groups in total. The van der Waals surface area contributed by atoms with Crippen LogP contribution in [-0.2, 0) is 0 Å². The maximum atomic E-state index is 12.4. The van der Waals surface area contributed by atoms with Gasteiger partial charge < -0.3 is 0 Å². The summed E-state index contributed by atoms with van der Waals surface area (Å²) < 4.78 is 36.6. The molecule has 0 unspecified atom stereocenters. The van der Waals surface area contributed by atoms with Crippen LogP contribution in [0.2, 0.25) is 0 Å². The summed E-state index contributed by atoms with van der Waals surface area (Å²) in [5, 5.41) is 0. The van der Waals surface area contributed by atoms with E-state index in [2.05, 4.69) is 0 Å². The number of carbonyl (C=O) groups is 2. The molecule has 0 bridgehead atoms. The van der Waals surface area contributed by atoms with E-state index in [1.807, 2.05) is 0 Å². The molecule has 0 aliphatic rings. The zero-order valence-corrected chi connectivity index (χ0v) is 6.18. The van der Waals surface area contributed by atoms with E-state index in [1.165, 1.54) is 0 Å². The molecule has 0 atom stereocenters. The number of hydrogen-bond acceptors (Lipinski definition) is 2. The molecule has 0 aliphatic heterocycles. The molecule has 0 heterocycles. The number of rotatable bonds is 2. The molecule has 5 heteroatoms. The fourth-order valence-corrected chi connectivity index (χ4v) is 0.850. The minimum absolute atomic E-state index is 0.467. The van der Waals surface area contributed by atoms with Crippen LogP contribution in [0.5, 0.6) is 0 Å². The van der Waals surface area contributed by atoms with Gasteiger partial charge in [0.15, 0.2) is 0 Å². The summed E-state index contributed by atoms with van der Waals surface area (Å²) in [4.78, 5) is 20.3. The fraction of sp³-hybridized carbons (Fsp3) is 0. The molecular weight excluding hydrogens is 185 g/mol. The van der Waals surface area contributed by atoms with E-state index >= 15 is 0 Å². The fourth-order valence-electron chi connectivity index (χ4n) is 0.850. The van der Waals surface area contributed by atoms with Crippen molar-refractivity contribution in [3.05, 3.63) is 35.1 Å². The second-order valence-corrected chi connectivity index (χ2v) is 2.24. The van der Waals surface area contributed by atoms with Crippen LogP contribution in [0.4, 0.5) is 13.2 Å². The predicted octanol–water partition coefficient (Wildman–Crippen LogP) is 2.05. The van der Waals surface area contributed by atoms with Gasteiger partial charge in [0.25, 0.3) is 0 Å². The third kappa shape index (κ3) is 1.93. The maximum Gasteiger partial charge on any atom is 0.333 e. The number of hydrogen-bond donors (Lipinski definition) is 0. The largest absolute Gasteiger partial charge is 0.333 e. The van der Waals surface area contributed by atoms with Gasteiger partial charge in [0.05, 0.1) is 11.1 Å². The summed E-state index contributed by atoms with van der Waals surface area (Å²) in [5.41, 5.74) is -1.67. The average Bonchev–Trinajstić information content (AvgIpc) is 2.03. The second kappa shape index (κ2) is 3.38. The molecule has 1 aromatic rings. The minimum atomic E-state index is -2.04. The SMILES string of the molecule is O=C(F)c1ccc(F)cc1C(=O)F. The van der Waals surface area contributed by atoms with E-state index in [4.69, 9.17) is 0 Å². The van der Waals surface area contributed by atoms with Crippen LogP contribution < -0.4 is 0 Å². The van der Waals surface area contributed by atoms with Crippen molar-refractivity contribution in [3.8, 4) is 0 Å². The molecule has 0 amide bonds. The first-order valence-corrected chi connectivity index (χ1v) is 3.21. The molecule has 13 heavy (non-hydrogen) atoms. The van der Waals surface area contributed by atoms with Gasteiger partial charge >= 0.3 is 12.1 Å². The first-order valence-electron chi connectivity index (χ1n) is 3.21. The molecule has 1 aromatic carbocycles. The maximum absolute atomic E-state index is 12.4. The first kappa shape index (κ1) is 9.44. The molecular formula is C8H3F3O2. The van der Waals surface area contributed by atoms with Crippen LogP contribution in [0.1, 0.15) is 20.7 Å². The third-order valence-electron chi connectivity index (χ3n) is 1.41. The summed E-state index contributed by atoms with van der Waals surface area (Å²) >= 11 is 0. The lowest BCUT2D eigenvalue weighted by Crippen LogP contribution is -2.02. The highest BCUT2D eigenvalue weighted by Crippen LogP contribution is 2.13. The first-order chi connectivity index (χ1) is 6.02. The van der Waals surface area contributed by atoms with Gasteiger partial charge in [-0.05, 0) is 18.2 Å². The van der Waals surface area contributed by atoms with Gasteiger partial charge in [0.1, 0.15) is 5.82 Å². The summed E-state index contributed by atoms with van der Waals surface area (Å²) in [6.07, 6.45) is 0. The highest BCUT2D eigenvalue weighted by Gasteiger charge is 2.16. The Morgan fingerprint density at radius 1 is 1.00 bits per heavy atom. The monoisotopic (exact) mass is 188 g/mol. The van der Waals surface area contributed by atoms with Crippen LogP contribution in [-0.4, -0.2) is 12.1 Å². The van der Waals surface area contributed by atoms with Crippen molar-refractivity contribution in [2.45, 2.75) is 0 Å². The van der Waals surface area contributed by atoms with Crippen LogP contribution in [0.3, 0.4) is 0 Å². The molecule has 1 rings (SSSR count). The highest BCUT2D eigenvalue weighted by atomic mass is 19.1. The normalized spacial score (nSPS) is 9.77. The van der Waals surface area contributed by atoms with E-state index < -0.39 is 29.0 Å². The number of benzene rings is 1. The lowest BCUT2D eigenvalue weighted by atomic mass is 10.1. The summed E-state index contributed by atoms with van der Waals surface area (Å²) in [7, 11) is 0. The Labute approximate surface area is 71.0 Å². The van der Waals surface area contributed by atoms with E-state index in [0.717, 1.165) is 6.07 Å². The molecule has 0 radical (unpaired) electrons. The van der Waals surface area contributed by atoms with Crippen LogP contribution in [0.15, 0.2) is 18.2 Å². The van der Waals surface area contributed by atoms with Crippen molar-refractivity contribution in [1.82, 2.24) is 0 Å². The van der Waals surface area contributed by atoms with Gasteiger partial charge in [0, 0.05) is 0 Å². The van der Waals surface area contributed by atoms with Crippen LogP contribution in [0.25, 0.3) is 0 Å². The topological polar surface area (TPSA) is 34.1 Å². The Kier molecular flexibility index (Phi) is 2.46. The van der Waals surface area contributed by atoms with Gasteiger partial charge in [-0.25, -0.2) is 4.39 Å². The zero-order valence-electron chi connectivity index (χ0n) is 6.18. The summed E-state index contributed by atoms with van der Waals surface area (Å²) in [5.74, 6) is -0.911. The molecule has 0 fully saturated rings. The smallest absolute Gasteiger partial charge is 0.255 e. The van der Waals surface area contributed by atoms with Gasteiger partial charge in [-0.2, -0.15) is 8.78 Å². The molecule has 0 saturated carbocycles. The van der Waals surface area contributed by atoms with E-state index in [9.17, 15) is 22.8 Å². The Morgan fingerprint density at radius 3 is 2.00 bits per heavy atom. The molecule has 0 aromatic heterocycles. The Balaban J connectivity index is 3.35. The quantitative estimate of drug-likeness (QED) is 0.665. The van der Waals surface area contributed by atoms with E-state index in [0.29, 0.717) is 12.1 Å². The minimum Gasteiger partial charge on any atom is -0.255 e. The third-order valence-corrected chi connectivity index (χ3v) is 1.41. The van der Waals surface area contributed by atoms with Crippen molar-refractivity contribution in [2.75, 3.05) is 0 Å². The van der Waals surface area contributed by atoms with Gasteiger partial charge in [-0.1, -0.05) is 0 Å². The molecule has 0 saturated heterocycles. The van der Waals surface area contributed by atoms with Crippen molar-refractivity contribution in [3.63, 3.8) is 0 Å². The lowest BCUT2D eigenvalue weighted by Gasteiger charge is -1.98. The van der Waals surface area contributed by atoms with E-state index in [-0.39, 0.29) is 0 Å². The summed E-state index contributed by atoms with van der Waals surface area (Å²) in [6.45, 7) is 0. The lowest BCUT2D eigenvalue weighted by molar-refractivity contribution is 0.0795. The average molecular weight is 188 g/mol. The van der Waals surface area contributed by atoms with Crippen LogP contribution >= 0.6 is 0 Å². The number of halogens is 3. The molecule has 0 spiro atoms. The van der Waals surface area contributed by atoms with Crippen molar-refractivity contribution in [2.24, 2.45) is 0 Å². The van der Waals surface area contributed by atoms with E-state index in [1.54, 1.807) is 0 Å². The van der Waals surface area contributed by atoms with Crippen molar-refractivity contribution in [1.29, 1.82) is 0 Å².